The number of hydrogen-bond donors (Lipinski definition) is 3. The van der Waals surface area contributed by atoms with Crippen LogP contribution in [0.25, 0.3) is 0 Å². The highest BCUT2D eigenvalue weighted by atomic mass is 32.1. The summed E-state index contributed by atoms with van der Waals surface area (Å²) in [7, 11) is 0. The molecule has 0 fully saturated rings. The van der Waals surface area contributed by atoms with Gasteiger partial charge in [0.1, 0.15) is 13.1 Å². The first-order valence-corrected chi connectivity index (χ1v) is 5.70. The van der Waals surface area contributed by atoms with Crippen molar-refractivity contribution < 1.29 is 24.6 Å². The Morgan fingerprint density at radius 3 is 2.33 bits per heavy atom. The molecule has 3 N–H and O–H groups in total. The van der Waals surface area contributed by atoms with Gasteiger partial charge in [-0.05, 0) is 0 Å². The number of amides is 2. The summed E-state index contributed by atoms with van der Waals surface area (Å²) in [5, 5.41) is 19.6. The molecule has 98 valence electrons. The summed E-state index contributed by atoms with van der Waals surface area (Å²) in [6.07, 6.45) is 1.56. The Labute approximate surface area is 106 Å². The zero-order chi connectivity index (χ0) is 13.5. The van der Waals surface area contributed by atoms with Gasteiger partial charge in [-0.15, -0.1) is 11.3 Å². The second-order valence-corrected chi connectivity index (χ2v) is 4.24. The molecule has 8 nitrogen and oxygen atoms in total. The maximum Gasteiger partial charge on any atom is 0.323 e. The molecule has 9 heteroatoms. The highest BCUT2D eigenvalue weighted by Crippen LogP contribution is 2.04. The quantitative estimate of drug-likeness (QED) is 0.661. The highest BCUT2D eigenvalue weighted by Gasteiger charge is 2.19. The third-order valence-corrected chi connectivity index (χ3v) is 2.62. The molecule has 1 aromatic rings. The van der Waals surface area contributed by atoms with Gasteiger partial charge in [0, 0.05) is 11.1 Å². The maximum absolute atomic E-state index is 11.6. The van der Waals surface area contributed by atoms with Crippen LogP contribution in [-0.2, 0) is 16.1 Å². The van der Waals surface area contributed by atoms with Crippen LogP contribution in [-0.4, -0.2) is 51.2 Å². The summed E-state index contributed by atoms with van der Waals surface area (Å²) in [5.74, 6) is -2.55. The number of aliphatic carboxylic acids is 2. The minimum Gasteiger partial charge on any atom is -0.480 e. The molecule has 0 bridgehead atoms. The van der Waals surface area contributed by atoms with Gasteiger partial charge < -0.3 is 20.4 Å². The van der Waals surface area contributed by atoms with Gasteiger partial charge in [0.15, 0.2) is 0 Å². The molecule has 0 atom stereocenters. The lowest BCUT2D eigenvalue weighted by molar-refractivity contribution is -0.140. The van der Waals surface area contributed by atoms with Gasteiger partial charge in [-0.25, -0.2) is 4.79 Å². The smallest absolute Gasteiger partial charge is 0.323 e. The molecule has 18 heavy (non-hydrogen) atoms. The van der Waals surface area contributed by atoms with Gasteiger partial charge in [-0.3, -0.25) is 14.6 Å². The second kappa shape index (κ2) is 6.55. The summed E-state index contributed by atoms with van der Waals surface area (Å²) in [4.78, 5) is 37.9. The van der Waals surface area contributed by atoms with E-state index in [4.69, 9.17) is 10.2 Å². The lowest BCUT2D eigenvalue weighted by atomic mass is 10.4. The predicted octanol–water partition coefficient (Wildman–Crippen LogP) is -0.176. The molecule has 0 spiro atoms. The van der Waals surface area contributed by atoms with Crippen LogP contribution in [0, 0.1) is 0 Å². The Morgan fingerprint density at radius 2 is 1.89 bits per heavy atom. The van der Waals surface area contributed by atoms with E-state index in [9.17, 15) is 14.4 Å². The highest BCUT2D eigenvalue weighted by molar-refractivity contribution is 7.09. The molecular formula is C9H11N3O5S. The molecule has 0 aliphatic rings. The van der Waals surface area contributed by atoms with Crippen LogP contribution in [0.5, 0.6) is 0 Å². The van der Waals surface area contributed by atoms with Crippen molar-refractivity contribution in [2.24, 2.45) is 0 Å². The Bertz CT molecular complexity index is 417. The molecule has 2 amide bonds. The molecule has 0 saturated heterocycles. The monoisotopic (exact) mass is 273 g/mol. The van der Waals surface area contributed by atoms with Gasteiger partial charge in [0.2, 0.25) is 0 Å². The first kappa shape index (κ1) is 13.9. The molecule has 1 heterocycles. The first-order valence-electron chi connectivity index (χ1n) is 4.82. The molecule has 0 aliphatic carbocycles. The molecule has 0 radical (unpaired) electrons. The van der Waals surface area contributed by atoms with E-state index >= 15 is 0 Å². The summed E-state index contributed by atoms with van der Waals surface area (Å²) in [6.45, 7) is -1.15. The molecule has 0 saturated carbocycles. The van der Waals surface area contributed by atoms with Gasteiger partial charge in [-0.2, -0.15) is 0 Å². The zero-order valence-electron chi connectivity index (χ0n) is 9.20. The molecule has 1 aromatic heterocycles. The minimum absolute atomic E-state index is 0.180. The van der Waals surface area contributed by atoms with Crippen molar-refractivity contribution in [3.05, 3.63) is 16.6 Å². The Hall–Kier alpha value is -2.16. The number of aromatic nitrogens is 1. The van der Waals surface area contributed by atoms with E-state index in [-0.39, 0.29) is 6.54 Å². The summed E-state index contributed by atoms with van der Waals surface area (Å²) >= 11 is 1.33. The summed E-state index contributed by atoms with van der Waals surface area (Å²) < 4.78 is 0. The van der Waals surface area contributed by atoms with Crippen molar-refractivity contribution in [2.45, 2.75) is 6.54 Å². The standard InChI is InChI=1S/C9H11N3O5S/c13-7(14)3-12(4-8(15)16)9(17)11-2-6-1-10-5-18-6/h1,5H,2-4H2,(H,11,17)(H,13,14)(H,15,16). The van der Waals surface area contributed by atoms with Crippen molar-refractivity contribution in [3.8, 4) is 0 Å². The van der Waals surface area contributed by atoms with E-state index < -0.39 is 31.1 Å². The second-order valence-electron chi connectivity index (χ2n) is 3.27. The third-order valence-electron chi connectivity index (χ3n) is 1.84. The van der Waals surface area contributed by atoms with E-state index in [1.54, 1.807) is 11.7 Å². The Balaban J connectivity index is 2.52. The fraction of sp³-hybridized carbons (Fsp3) is 0.333. The van der Waals surface area contributed by atoms with Crippen LogP contribution in [0.3, 0.4) is 0 Å². The lowest BCUT2D eigenvalue weighted by Crippen LogP contribution is -2.44. The van der Waals surface area contributed by atoms with Crippen molar-refractivity contribution >= 4 is 29.3 Å². The average Bonchev–Trinajstić information content (AvgIpc) is 2.76. The van der Waals surface area contributed by atoms with Gasteiger partial charge in [0.25, 0.3) is 0 Å². The first-order chi connectivity index (χ1) is 8.49. The van der Waals surface area contributed by atoms with E-state index in [1.807, 2.05) is 0 Å². The summed E-state index contributed by atoms with van der Waals surface area (Å²) in [5.41, 5.74) is 1.59. The number of urea groups is 1. The van der Waals surface area contributed by atoms with Crippen molar-refractivity contribution in [1.82, 2.24) is 15.2 Å². The van der Waals surface area contributed by atoms with Crippen LogP contribution in [0.4, 0.5) is 4.79 Å². The van der Waals surface area contributed by atoms with Gasteiger partial charge in [-0.1, -0.05) is 0 Å². The summed E-state index contributed by atoms with van der Waals surface area (Å²) in [6, 6.07) is -0.742. The largest absolute Gasteiger partial charge is 0.480 e. The lowest BCUT2D eigenvalue weighted by Gasteiger charge is -2.18. The number of nitrogens with one attached hydrogen (secondary N) is 1. The van der Waals surface area contributed by atoms with E-state index in [0.29, 0.717) is 4.90 Å². The van der Waals surface area contributed by atoms with Crippen LogP contribution in [0.2, 0.25) is 0 Å². The molecule has 1 rings (SSSR count). The number of carboxylic acids is 2. The van der Waals surface area contributed by atoms with Crippen molar-refractivity contribution in [3.63, 3.8) is 0 Å². The number of carboxylic acid groups (broad SMARTS) is 2. The fourth-order valence-electron chi connectivity index (χ4n) is 1.13. The maximum atomic E-state index is 11.6. The number of carbonyl (C=O) groups excluding carboxylic acids is 1. The van der Waals surface area contributed by atoms with Crippen LogP contribution in [0.1, 0.15) is 4.88 Å². The molecular weight excluding hydrogens is 262 g/mol. The number of thiazole rings is 1. The Kier molecular flexibility index (Phi) is 5.06. The normalized spacial score (nSPS) is 9.78. The number of rotatable bonds is 6. The van der Waals surface area contributed by atoms with Crippen molar-refractivity contribution in [1.29, 1.82) is 0 Å². The van der Waals surface area contributed by atoms with Crippen LogP contribution < -0.4 is 5.32 Å². The third kappa shape index (κ3) is 4.78. The van der Waals surface area contributed by atoms with Crippen molar-refractivity contribution in [2.75, 3.05) is 13.1 Å². The molecule has 0 aliphatic heterocycles. The zero-order valence-corrected chi connectivity index (χ0v) is 10.0. The van der Waals surface area contributed by atoms with Crippen LogP contribution >= 0.6 is 11.3 Å². The number of carbonyl (C=O) groups is 3. The number of nitrogens with zero attached hydrogens (tertiary/aromatic N) is 2. The van der Waals surface area contributed by atoms with Gasteiger partial charge in [0.05, 0.1) is 12.1 Å². The average molecular weight is 273 g/mol. The fourth-order valence-corrected chi connectivity index (χ4v) is 1.66. The van der Waals surface area contributed by atoms with E-state index in [0.717, 1.165) is 4.88 Å². The minimum atomic E-state index is -1.27. The predicted molar refractivity (Wildman–Crippen MR) is 61.2 cm³/mol. The Morgan fingerprint density at radius 1 is 1.28 bits per heavy atom. The molecule has 0 aromatic carbocycles. The SMILES string of the molecule is O=C(O)CN(CC(=O)O)C(=O)NCc1cncs1. The topological polar surface area (TPSA) is 120 Å². The van der Waals surface area contributed by atoms with E-state index in [2.05, 4.69) is 10.3 Å². The van der Waals surface area contributed by atoms with E-state index in [1.165, 1.54) is 11.3 Å². The van der Waals surface area contributed by atoms with Gasteiger partial charge >= 0.3 is 18.0 Å². The molecule has 0 unspecified atom stereocenters. The van der Waals surface area contributed by atoms with Crippen LogP contribution in [0.15, 0.2) is 11.7 Å². The number of hydrogen-bond acceptors (Lipinski definition) is 5.